The van der Waals surface area contributed by atoms with Gasteiger partial charge in [0, 0.05) is 57.8 Å². The van der Waals surface area contributed by atoms with Gasteiger partial charge in [0.1, 0.15) is 53.8 Å². The fraction of sp³-hybridized carbons (Fsp3) is 0.170. The Hall–Kier alpha value is -6.27. The maximum atomic E-state index is 15.0. The molecule has 0 fully saturated rings. The monoisotopic (exact) mass is 1390 g/mol. The molecule has 9 aromatic rings. The molecule has 0 unspecified atom stereocenters. The third-order valence-corrected chi connectivity index (χ3v) is 13.2. The van der Waals surface area contributed by atoms with Crippen LogP contribution in [0.25, 0.3) is 33.3 Å². The van der Waals surface area contributed by atoms with E-state index in [2.05, 4.69) is 21.5 Å². The van der Waals surface area contributed by atoms with E-state index >= 15 is 4.39 Å². The molecule has 6 aromatic carbocycles. The number of hydrogen-bond acceptors (Lipinski definition) is 13. The zero-order valence-electron chi connectivity index (χ0n) is 39.1. The van der Waals surface area contributed by atoms with Crippen molar-refractivity contribution in [3.8, 4) is 0 Å². The van der Waals surface area contributed by atoms with Crippen LogP contribution in [0.15, 0.2) is 118 Å². The number of carboxylic acid groups (broad SMARTS) is 1. The first kappa shape index (κ1) is 57.4. The summed E-state index contributed by atoms with van der Waals surface area (Å²) < 4.78 is 119. The van der Waals surface area contributed by atoms with Crippen molar-refractivity contribution in [2.75, 3.05) is 39.6 Å². The second-order valence-electron chi connectivity index (χ2n) is 16.0. The highest BCUT2D eigenvalue weighted by atomic mass is 127. The Morgan fingerprint density at radius 2 is 0.895 bits per heavy atom. The van der Waals surface area contributed by atoms with E-state index in [0.29, 0.717) is 7.14 Å². The summed E-state index contributed by atoms with van der Waals surface area (Å²) in [5.41, 5.74) is 0.799. The van der Waals surface area contributed by atoms with E-state index < -0.39 is 52.4 Å². The third kappa shape index (κ3) is 14.0. The normalized spacial score (nSPS) is 11.1. The van der Waals surface area contributed by atoms with Crippen LogP contribution in [0, 0.1) is 45.6 Å². The van der Waals surface area contributed by atoms with Gasteiger partial charge in [-0.3, -0.25) is 9.59 Å². The van der Waals surface area contributed by atoms with Crippen LogP contribution in [-0.2, 0) is 33.5 Å². The topological polar surface area (TPSA) is 197 Å². The van der Waals surface area contributed by atoms with E-state index in [1.54, 1.807) is 30.3 Å². The Balaban J connectivity index is 0.000000167. The molecule has 0 spiro atoms. The summed E-state index contributed by atoms with van der Waals surface area (Å²) in [5, 5.41) is 18.0. The molecule has 0 saturated carbocycles. The minimum atomic E-state index is -1.31. The zero-order valence-corrected chi connectivity index (χ0v) is 45.6. The lowest BCUT2D eigenvalue weighted by Crippen LogP contribution is -2.15. The van der Waals surface area contributed by atoms with Gasteiger partial charge in [-0.1, -0.05) is 24.8 Å². The summed E-state index contributed by atoms with van der Waals surface area (Å²) >= 11 is 5.93. The highest BCUT2D eigenvalue weighted by Crippen LogP contribution is 2.31. The first-order valence-corrected chi connectivity index (χ1v) is 25.5. The standard InChI is InChI=1S/C20H16F2INO4.C18H14F2INO4.C15H8F2INO3/c1-2-26-5-6-27-10-17(25)14-9-18-20(24-11-28-18)19(22)15(14)7-12-3-4-13(23)8-16(12)21;19-14-6-11(21)2-1-10(14)5-13-12(15(24)8-25-4-3-23)7-16-18(17(13)20)22-9-26-16;16-11-4-8(18)2-1-7(11)3-9-10(15(20)21)5-12-14(13(9)17)19-6-22-12/h2-4,8-9,11H,1,5-7,10H2;1-2,6-7,9,23H,3-5,8H2;1-2,4-6H,3H2,(H,20,21). The van der Waals surface area contributed by atoms with E-state index in [1.165, 1.54) is 48.7 Å². The van der Waals surface area contributed by atoms with E-state index in [1.807, 2.05) is 67.8 Å². The number of fused-ring (bicyclic) bond motifs is 3. The van der Waals surface area contributed by atoms with Crippen molar-refractivity contribution in [2.45, 2.75) is 19.3 Å². The van der Waals surface area contributed by atoms with E-state index in [-0.39, 0.29) is 142 Å². The Morgan fingerprint density at radius 3 is 1.24 bits per heavy atom. The van der Waals surface area contributed by atoms with Crippen molar-refractivity contribution in [3.05, 3.63) is 201 Å². The fourth-order valence-electron chi connectivity index (χ4n) is 7.52. The summed E-state index contributed by atoms with van der Waals surface area (Å²) in [7, 11) is 0. The van der Waals surface area contributed by atoms with Crippen molar-refractivity contribution in [2.24, 2.45) is 0 Å². The van der Waals surface area contributed by atoms with E-state index in [0.717, 1.165) is 22.8 Å². The number of aromatic carboxylic acids is 1. The van der Waals surface area contributed by atoms with Crippen LogP contribution < -0.4 is 0 Å². The number of aliphatic hydroxyl groups is 1. The van der Waals surface area contributed by atoms with Crippen LogP contribution in [0.2, 0.25) is 0 Å². The molecule has 0 radical (unpaired) electrons. The molecule has 2 N–H and O–H groups in total. The number of ether oxygens (including phenoxy) is 3. The number of hydrogen-bond donors (Lipinski definition) is 2. The summed E-state index contributed by atoms with van der Waals surface area (Å²) in [6.45, 7) is 2.97. The average Bonchev–Trinajstić information content (AvgIpc) is 4.20. The lowest BCUT2D eigenvalue weighted by molar-refractivity contribution is 0.0637. The zero-order chi connectivity index (χ0) is 54.6. The van der Waals surface area contributed by atoms with Gasteiger partial charge >= 0.3 is 5.97 Å². The number of aromatic nitrogens is 3. The fourth-order valence-corrected chi connectivity index (χ4v) is 8.88. The molecule has 3 aromatic heterocycles. The van der Waals surface area contributed by atoms with Gasteiger partial charge in [0.05, 0.1) is 31.6 Å². The number of rotatable bonds is 19. The average molecular weight is 1390 g/mol. The second kappa shape index (κ2) is 26.7. The van der Waals surface area contributed by atoms with Gasteiger partial charge in [-0.25, -0.2) is 46.1 Å². The molecule has 0 aliphatic carbocycles. The number of carboxylic acids is 1. The minimum absolute atomic E-state index is 0.00206. The predicted molar refractivity (Wildman–Crippen MR) is 288 cm³/mol. The first-order valence-electron chi connectivity index (χ1n) is 22.2. The summed E-state index contributed by atoms with van der Waals surface area (Å²) in [4.78, 5) is 47.8. The maximum absolute atomic E-state index is 15.0. The number of nitrogens with zero attached hydrogens (tertiary/aromatic N) is 3. The SMILES string of the molecule is C=COCCOCC(=O)c1cc2ocnc2c(F)c1Cc1ccc(I)cc1F.O=C(COCCO)c1cc2ocnc2c(F)c1Cc1ccc(I)cc1F.O=C(O)c1cc2ocnc2c(F)c1Cc1ccc(I)cc1F. The van der Waals surface area contributed by atoms with Crippen LogP contribution in [0.5, 0.6) is 0 Å². The molecule has 0 amide bonds. The smallest absolute Gasteiger partial charge is 0.336 e. The molecule has 0 atom stereocenters. The Labute approximate surface area is 467 Å². The van der Waals surface area contributed by atoms with Crippen molar-refractivity contribution in [1.82, 2.24) is 15.0 Å². The molecule has 14 nitrogen and oxygen atoms in total. The highest BCUT2D eigenvalue weighted by molar-refractivity contribution is 14.1. The van der Waals surface area contributed by atoms with Crippen LogP contribution >= 0.6 is 67.8 Å². The van der Waals surface area contributed by atoms with Crippen molar-refractivity contribution < 1.29 is 78.4 Å². The van der Waals surface area contributed by atoms with Crippen LogP contribution in [-0.4, -0.2) is 82.3 Å². The number of aliphatic hydroxyl groups excluding tert-OH is 1. The maximum Gasteiger partial charge on any atom is 0.336 e. The molecule has 3 heterocycles. The molecule has 23 heteroatoms. The number of oxazole rings is 3. The minimum Gasteiger partial charge on any atom is -0.499 e. The van der Waals surface area contributed by atoms with Crippen molar-refractivity contribution >= 4 is 119 Å². The van der Waals surface area contributed by atoms with Gasteiger partial charge in [0.2, 0.25) is 0 Å². The van der Waals surface area contributed by atoms with Gasteiger partial charge in [0.25, 0.3) is 0 Å². The van der Waals surface area contributed by atoms with Crippen LogP contribution in [0.4, 0.5) is 26.3 Å². The number of Topliss-reactive ketones (excluding diaryl/α,β-unsaturated/α-hetero) is 2. The number of halogens is 9. The van der Waals surface area contributed by atoms with Gasteiger partial charge in [-0.05, 0) is 139 Å². The van der Waals surface area contributed by atoms with Crippen LogP contribution in [0.1, 0.15) is 64.5 Å². The molecule has 0 aliphatic heterocycles. The Kier molecular flexibility index (Phi) is 20.2. The Morgan fingerprint density at radius 1 is 0.539 bits per heavy atom. The van der Waals surface area contributed by atoms with Gasteiger partial charge in [-0.15, -0.1) is 0 Å². The predicted octanol–water partition coefficient (Wildman–Crippen LogP) is 12.2. The first-order chi connectivity index (χ1) is 36.5. The summed E-state index contributed by atoms with van der Waals surface area (Å²) in [6, 6.07) is 17.7. The lowest BCUT2D eigenvalue weighted by Gasteiger charge is -2.12. The summed E-state index contributed by atoms with van der Waals surface area (Å²) in [6.07, 6.45) is 4.09. The number of ketones is 2. The number of carbonyl (C=O) groups is 3. The van der Waals surface area contributed by atoms with Gasteiger partial charge in [0.15, 0.2) is 64.9 Å². The lowest BCUT2D eigenvalue weighted by atomic mass is 9.95. The molecule has 76 heavy (non-hydrogen) atoms. The quantitative estimate of drug-likeness (QED) is 0.0255. The number of carbonyl (C=O) groups excluding carboxylic acids is 2. The molecule has 0 saturated heterocycles. The van der Waals surface area contributed by atoms with Crippen molar-refractivity contribution in [1.29, 1.82) is 0 Å². The third-order valence-electron chi connectivity index (χ3n) is 11.1. The largest absolute Gasteiger partial charge is 0.499 e. The molecular formula is C53H38F6I3N3O11. The molecular weight excluding hydrogens is 1350 g/mol. The second-order valence-corrected chi connectivity index (χ2v) is 19.7. The van der Waals surface area contributed by atoms with Crippen LogP contribution in [0.3, 0.4) is 0 Å². The molecule has 0 aliphatic rings. The van der Waals surface area contributed by atoms with Gasteiger partial charge in [-0.2, -0.15) is 0 Å². The molecule has 394 valence electrons. The number of benzene rings is 6. The summed E-state index contributed by atoms with van der Waals surface area (Å²) in [5.74, 6) is -5.94. The van der Waals surface area contributed by atoms with E-state index in [4.69, 9.17) is 32.6 Å². The highest BCUT2D eigenvalue weighted by Gasteiger charge is 2.25. The van der Waals surface area contributed by atoms with Gasteiger partial charge < -0.3 is 37.7 Å². The Bertz CT molecular complexity index is 3610. The van der Waals surface area contributed by atoms with Crippen molar-refractivity contribution in [3.63, 3.8) is 0 Å². The van der Waals surface area contributed by atoms with E-state index in [9.17, 15) is 41.4 Å². The molecule has 9 rings (SSSR count). The molecule has 0 bridgehead atoms.